The molecule has 1 amide bonds. The molecule has 1 heterocycles. The molecule has 0 bridgehead atoms. The van der Waals surface area contributed by atoms with E-state index in [-0.39, 0.29) is 25.0 Å². The molecule has 4 heteroatoms. The van der Waals surface area contributed by atoms with E-state index in [1.807, 2.05) is 11.4 Å². The molecular formula is C18H20N2OS. The Morgan fingerprint density at radius 2 is 2.09 bits per heavy atom. The van der Waals surface area contributed by atoms with Crippen LogP contribution in [-0.4, -0.2) is 19.0 Å². The van der Waals surface area contributed by atoms with Crippen molar-refractivity contribution in [1.29, 1.82) is 0 Å². The van der Waals surface area contributed by atoms with Gasteiger partial charge in [-0.3, -0.25) is 10.1 Å². The van der Waals surface area contributed by atoms with E-state index < -0.39 is 0 Å². The zero-order valence-electron chi connectivity index (χ0n) is 12.6. The van der Waals surface area contributed by atoms with Gasteiger partial charge in [0.1, 0.15) is 0 Å². The molecule has 0 spiro atoms. The van der Waals surface area contributed by atoms with Crippen LogP contribution in [0.4, 0.5) is 0 Å². The highest BCUT2D eigenvalue weighted by Gasteiger charge is 2.15. The molecule has 3 nitrogen and oxygen atoms in total. The van der Waals surface area contributed by atoms with Crippen molar-refractivity contribution in [2.75, 3.05) is 13.1 Å². The molecule has 0 saturated carbocycles. The number of amides is 1. The number of nitrogens with one attached hydrogen (secondary N) is 2. The first-order valence-corrected chi connectivity index (χ1v) is 8.18. The maximum Gasteiger partial charge on any atom is 0.234 e. The zero-order valence-corrected chi connectivity index (χ0v) is 13.5. The molecule has 1 aromatic heterocycles. The number of terminal acetylenes is 1. The highest BCUT2D eigenvalue weighted by atomic mass is 32.1. The molecule has 1 aromatic carbocycles. The number of carbonyl (C=O) groups is 1. The van der Waals surface area contributed by atoms with Crippen LogP contribution in [0.15, 0.2) is 41.8 Å². The molecule has 0 aliphatic carbocycles. The van der Waals surface area contributed by atoms with E-state index in [0.29, 0.717) is 0 Å². The quantitative estimate of drug-likeness (QED) is 0.772. The van der Waals surface area contributed by atoms with E-state index >= 15 is 0 Å². The van der Waals surface area contributed by atoms with Gasteiger partial charge in [-0.1, -0.05) is 43.2 Å². The van der Waals surface area contributed by atoms with E-state index in [4.69, 9.17) is 6.42 Å². The van der Waals surface area contributed by atoms with Crippen LogP contribution >= 0.6 is 11.3 Å². The van der Waals surface area contributed by atoms with E-state index in [9.17, 15) is 4.79 Å². The molecule has 2 rings (SSSR count). The van der Waals surface area contributed by atoms with Crippen molar-refractivity contribution in [3.63, 3.8) is 0 Å². The maximum absolute atomic E-state index is 11.7. The normalized spacial score (nSPS) is 11.6. The summed E-state index contributed by atoms with van der Waals surface area (Å²) in [6, 6.07) is 12.6. The lowest BCUT2D eigenvalue weighted by molar-refractivity contribution is -0.120. The van der Waals surface area contributed by atoms with Gasteiger partial charge in [-0.15, -0.1) is 17.8 Å². The number of thiophene rings is 1. The zero-order chi connectivity index (χ0) is 15.8. The van der Waals surface area contributed by atoms with Gasteiger partial charge in [0.15, 0.2) is 0 Å². The number of hydrogen-bond acceptors (Lipinski definition) is 3. The first kappa shape index (κ1) is 16.3. The molecular weight excluding hydrogens is 292 g/mol. The third-order valence-electron chi connectivity index (χ3n) is 3.40. The second-order valence-corrected chi connectivity index (χ2v) is 5.88. The van der Waals surface area contributed by atoms with Gasteiger partial charge in [0.2, 0.25) is 5.91 Å². The van der Waals surface area contributed by atoms with Gasteiger partial charge in [0, 0.05) is 4.88 Å². The van der Waals surface area contributed by atoms with Crippen LogP contribution < -0.4 is 10.6 Å². The van der Waals surface area contributed by atoms with E-state index in [0.717, 1.165) is 12.0 Å². The van der Waals surface area contributed by atoms with Crippen molar-refractivity contribution < 1.29 is 4.79 Å². The van der Waals surface area contributed by atoms with Gasteiger partial charge in [0.25, 0.3) is 0 Å². The smallest absolute Gasteiger partial charge is 0.234 e. The summed E-state index contributed by atoms with van der Waals surface area (Å²) >= 11 is 1.68. The lowest BCUT2D eigenvalue weighted by Gasteiger charge is -2.18. The van der Waals surface area contributed by atoms with E-state index in [2.05, 4.69) is 53.8 Å². The third kappa shape index (κ3) is 4.45. The van der Waals surface area contributed by atoms with Gasteiger partial charge in [0.05, 0.1) is 19.1 Å². The Labute approximate surface area is 135 Å². The minimum absolute atomic E-state index is 0.0162. The average molecular weight is 312 g/mol. The molecule has 0 radical (unpaired) electrons. The van der Waals surface area contributed by atoms with Crippen LogP contribution in [-0.2, 0) is 11.2 Å². The van der Waals surface area contributed by atoms with E-state index in [1.54, 1.807) is 11.3 Å². The van der Waals surface area contributed by atoms with Crippen LogP contribution in [0, 0.1) is 12.3 Å². The number of hydrogen-bond donors (Lipinski definition) is 2. The first-order valence-electron chi connectivity index (χ1n) is 7.30. The first-order chi connectivity index (χ1) is 10.7. The second kappa shape index (κ2) is 8.38. The van der Waals surface area contributed by atoms with Crippen molar-refractivity contribution in [2.45, 2.75) is 19.4 Å². The number of carbonyl (C=O) groups excluding carboxylic acids is 1. The van der Waals surface area contributed by atoms with Gasteiger partial charge in [-0.05, 0) is 29.0 Å². The van der Waals surface area contributed by atoms with Crippen molar-refractivity contribution in [2.24, 2.45) is 0 Å². The topological polar surface area (TPSA) is 41.1 Å². The Morgan fingerprint density at radius 1 is 1.32 bits per heavy atom. The highest BCUT2D eigenvalue weighted by molar-refractivity contribution is 7.10. The van der Waals surface area contributed by atoms with E-state index in [1.165, 1.54) is 10.4 Å². The monoisotopic (exact) mass is 312 g/mol. The van der Waals surface area contributed by atoms with Gasteiger partial charge in [-0.25, -0.2) is 0 Å². The van der Waals surface area contributed by atoms with Crippen LogP contribution in [0.5, 0.6) is 0 Å². The second-order valence-electron chi connectivity index (χ2n) is 4.91. The maximum atomic E-state index is 11.7. The predicted octanol–water partition coefficient (Wildman–Crippen LogP) is 2.74. The minimum Gasteiger partial charge on any atom is -0.344 e. The van der Waals surface area contributed by atoms with Crippen LogP contribution in [0.3, 0.4) is 0 Å². The van der Waals surface area contributed by atoms with Gasteiger partial charge in [-0.2, -0.15) is 0 Å². The number of aryl methyl sites for hydroxylation is 1. The fourth-order valence-electron chi connectivity index (χ4n) is 2.19. The van der Waals surface area contributed by atoms with Gasteiger partial charge < -0.3 is 5.32 Å². The molecule has 114 valence electrons. The van der Waals surface area contributed by atoms with Crippen molar-refractivity contribution in [3.8, 4) is 12.3 Å². The summed E-state index contributed by atoms with van der Waals surface area (Å²) in [5.74, 6) is 2.31. The lowest BCUT2D eigenvalue weighted by atomic mass is 10.0. The average Bonchev–Trinajstić information content (AvgIpc) is 3.08. The highest BCUT2D eigenvalue weighted by Crippen LogP contribution is 2.26. The summed E-state index contributed by atoms with van der Waals surface area (Å²) in [4.78, 5) is 12.9. The fraction of sp³-hybridized carbons (Fsp3) is 0.278. The molecule has 22 heavy (non-hydrogen) atoms. The Hall–Kier alpha value is -2.09. The molecule has 0 aliphatic heterocycles. The Morgan fingerprint density at radius 3 is 2.68 bits per heavy atom. The standard InChI is InChI=1S/C18H20N2OS/c1-3-11-19-17(21)13-20-18(16-6-5-12-22-16)15-9-7-14(4-2)8-10-15/h1,5-10,12,18,20H,4,11,13H2,2H3,(H,19,21)/t18-/m0/s1. The summed E-state index contributed by atoms with van der Waals surface area (Å²) in [5, 5.41) is 8.03. The van der Waals surface area contributed by atoms with Crippen molar-refractivity contribution in [1.82, 2.24) is 10.6 Å². The Bertz CT molecular complexity index is 626. The molecule has 0 unspecified atom stereocenters. The third-order valence-corrected chi connectivity index (χ3v) is 4.34. The summed E-state index contributed by atoms with van der Waals surface area (Å²) < 4.78 is 0. The molecule has 0 saturated heterocycles. The summed E-state index contributed by atoms with van der Waals surface area (Å²) in [6.45, 7) is 2.63. The Balaban J connectivity index is 2.10. The molecule has 2 aromatic rings. The predicted molar refractivity (Wildman–Crippen MR) is 91.8 cm³/mol. The van der Waals surface area contributed by atoms with Crippen LogP contribution in [0.2, 0.25) is 0 Å². The lowest BCUT2D eigenvalue weighted by Crippen LogP contribution is -2.36. The van der Waals surface area contributed by atoms with Crippen molar-refractivity contribution >= 4 is 17.2 Å². The minimum atomic E-state index is -0.0929. The van der Waals surface area contributed by atoms with Crippen molar-refractivity contribution in [3.05, 3.63) is 57.8 Å². The molecule has 0 fully saturated rings. The van der Waals surface area contributed by atoms with Gasteiger partial charge >= 0.3 is 0 Å². The van der Waals surface area contributed by atoms with Crippen LogP contribution in [0.25, 0.3) is 0 Å². The molecule has 1 atom stereocenters. The Kier molecular flexibility index (Phi) is 6.20. The summed E-state index contributed by atoms with van der Waals surface area (Å²) in [7, 11) is 0. The molecule has 0 aliphatic rings. The fourth-order valence-corrected chi connectivity index (χ4v) is 3.02. The molecule has 2 N–H and O–H groups in total. The number of rotatable bonds is 7. The largest absolute Gasteiger partial charge is 0.344 e. The number of benzene rings is 1. The SMILES string of the molecule is C#CCNC(=O)CN[C@@H](c1ccc(CC)cc1)c1cccs1. The summed E-state index contributed by atoms with van der Waals surface area (Å²) in [6.07, 6.45) is 6.16. The van der Waals surface area contributed by atoms with Crippen LogP contribution in [0.1, 0.15) is 29.0 Å². The summed E-state index contributed by atoms with van der Waals surface area (Å²) in [5.41, 5.74) is 2.46.